The van der Waals surface area contributed by atoms with E-state index in [9.17, 15) is 13.2 Å². The zero-order chi connectivity index (χ0) is 11.3. The third-order valence-corrected chi connectivity index (χ3v) is 6.23. The van der Waals surface area contributed by atoms with Crippen LogP contribution in [0.25, 0.3) is 0 Å². The summed E-state index contributed by atoms with van der Waals surface area (Å²) in [5.74, 6) is -1.28. The molecule has 2 fully saturated rings. The molecule has 1 spiro atoms. The van der Waals surface area contributed by atoms with Crippen molar-refractivity contribution in [3.8, 4) is 0 Å². The first-order valence-corrected chi connectivity index (χ1v) is 6.72. The Morgan fingerprint density at radius 3 is 2.47 bits per heavy atom. The molecule has 1 unspecified atom stereocenters. The Balaban J connectivity index is 2.18. The maximum absolute atomic E-state index is 11.9. The van der Waals surface area contributed by atoms with Crippen LogP contribution in [-0.4, -0.2) is 36.0 Å². The van der Waals surface area contributed by atoms with Gasteiger partial charge in [0, 0.05) is 6.04 Å². The van der Waals surface area contributed by atoms with E-state index in [0.29, 0.717) is 12.8 Å². The van der Waals surface area contributed by atoms with Crippen molar-refractivity contribution < 1.29 is 18.3 Å². The van der Waals surface area contributed by atoms with Crippen LogP contribution in [0.4, 0.5) is 0 Å². The molecule has 2 rings (SSSR count). The SMILES string of the molecule is NC1CCS(=O)(=O)C2(C1)CC(C(=O)O)C2. The number of rotatable bonds is 1. The molecule has 5 nitrogen and oxygen atoms in total. The summed E-state index contributed by atoms with van der Waals surface area (Å²) in [6, 6.07) is -0.0942. The molecule has 1 aliphatic carbocycles. The van der Waals surface area contributed by atoms with E-state index in [1.165, 1.54) is 0 Å². The average Bonchev–Trinajstić information content (AvgIpc) is 2.04. The van der Waals surface area contributed by atoms with Crippen molar-refractivity contribution in [2.75, 3.05) is 5.75 Å². The van der Waals surface area contributed by atoms with Gasteiger partial charge in [0.15, 0.2) is 9.84 Å². The molecule has 0 bridgehead atoms. The predicted molar refractivity (Wildman–Crippen MR) is 54.1 cm³/mol. The smallest absolute Gasteiger partial charge is 0.306 e. The summed E-state index contributed by atoms with van der Waals surface area (Å²) in [5, 5.41) is 8.76. The molecular weight excluding hydrogens is 218 g/mol. The lowest BCUT2D eigenvalue weighted by molar-refractivity contribution is -0.145. The minimum atomic E-state index is -3.13. The van der Waals surface area contributed by atoms with Crippen molar-refractivity contribution in [1.29, 1.82) is 0 Å². The number of hydrogen-bond donors (Lipinski definition) is 2. The van der Waals surface area contributed by atoms with E-state index >= 15 is 0 Å². The van der Waals surface area contributed by atoms with E-state index in [1.807, 2.05) is 0 Å². The molecule has 6 heteroatoms. The van der Waals surface area contributed by atoms with E-state index in [0.717, 1.165) is 0 Å². The lowest BCUT2D eigenvalue weighted by atomic mass is 9.70. The maximum Gasteiger partial charge on any atom is 0.306 e. The standard InChI is InChI=1S/C9H15NO4S/c10-7-1-2-15(13,14)9(5-7)3-6(4-9)8(11)12/h6-7H,1-5,10H2,(H,11,12). The first kappa shape index (κ1) is 10.9. The minimum Gasteiger partial charge on any atom is -0.481 e. The fraction of sp³-hybridized carbons (Fsp3) is 0.889. The van der Waals surface area contributed by atoms with Crippen LogP contribution >= 0.6 is 0 Å². The van der Waals surface area contributed by atoms with Crippen LogP contribution in [-0.2, 0) is 14.6 Å². The van der Waals surface area contributed by atoms with Gasteiger partial charge in [0.05, 0.1) is 16.4 Å². The summed E-state index contributed by atoms with van der Waals surface area (Å²) in [6.07, 6.45) is 1.43. The van der Waals surface area contributed by atoms with Crippen LogP contribution in [0, 0.1) is 5.92 Å². The number of carboxylic acids is 1. The molecule has 1 saturated heterocycles. The third-order valence-electron chi connectivity index (χ3n) is 3.64. The van der Waals surface area contributed by atoms with Gasteiger partial charge in [-0.1, -0.05) is 0 Å². The van der Waals surface area contributed by atoms with E-state index in [2.05, 4.69) is 0 Å². The topological polar surface area (TPSA) is 97.5 Å². The highest BCUT2D eigenvalue weighted by Crippen LogP contribution is 2.49. The Hall–Kier alpha value is -0.620. The van der Waals surface area contributed by atoms with Crippen molar-refractivity contribution in [3.05, 3.63) is 0 Å². The zero-order valence-electron chi connectivity index (χ0n) is 8.35. The Kier molecular flexibility index (Phi) is 2.31. The molecule has 0 amide bonds. The summed E-state index contributed by atoms with van der Waals surface area (Å²) in [6.45, 7) is 0. The fourth-order valence-electron chi connectivity index (χ4n) is 2.66. The van der Waals surface area contributed by atoms with Crippen molar-refractivity contribution in [2.45, 2.75) is 36.5 Å². The van der Waals surface area contributed by atoms with Gasteiger partial charge >= 0.3 is 5.97 Å². The van der Waals surface area contributed by atoms with Crippen molar-refractivity contribution in [1.82, 2.24) is 0 Å². The molecule has 1 aliphatic heterocycles. The van der Waals surface area contributed by atoms with Crippen LogP contribution in [0.5, 0.6) is 0 Å². The Morgan fingerprint density at radius 1 is 1.33 bits per heavy atom. The summed E-state index contributed by atoms with van der Waals surface area (Å²) in [5.41, 5.74) is 5.75. The number of nitrogens with two attached hydrogens (primary N) is 1. The molecule has 2 aliphatic rings. The predicted octanol–water partition coefficient (Wildman–Crippen LogP) is -0.244. The number of hydrogen-bond acceptors (Lipinski definition) is 4. The Morgan fingerprint density at radius 2 is 1.93 bits per heavy atom. The molecule has 86 valence electrons. The van der Waals surface area contributed by atoms with Gasteiger partial charge in [0.25, 0.3) is 0 Å². The molecule has 0 aromatic heterocycles. The van der Waals surface area contributed by atoms with E-state index < -0.39 is 26.5 Å². The van der Waals surface area contributed by atoms with Gasteiger partial charge in [0.1, 0.15) is 0 Å². The highest BCUT2D eigenvalue weighted by atomic mass is 32.2. The maximum atomic E-state index is 11.9. The van der Waals surface area contributed by atoms with Crippen molar-refractivity contribution >= 4 is 15.8 Å². The number of carboxylic acid groups (broad SMARTS) is 1. The lowest BCUT2D eigenvalue weighted by Crippen LogP contribution is -2.58. The molecular formula is C9H15NO4S. The van der Waals surface area contributed by atoms with Gasteiger partial charge in [-0.25, -0.2) is 8.42 Å². The number of carbonyl (C=O) groups is 1. The summed E-state index contributed by atoms with van der Waals surface area (Å²) in [7, 11) is -3.13. The normalized spacial score (nSPS) is 43.5. The second kappa shape index (κ2) is 3.18. The monoisotopic (exact) mass is 233 g/mol. The molecule has 15 heavy (non-hydrogen) atoms. The first-order valence-electron chi connectivity index (χ1n) is 5.07. The van der Waals surface area contributed by atoms with Gasteiger partial charge < -0.3 is 10.8 Å². The molecule has 1 atom stereocenters. The van der Waals surface area contributed by atoms with Gasteiger partial charge in [-0.2, -0.15) is 0 Å². The summed E-state index contributed by atoms with van der Waals surface area (Å²) >= 11 is 0. The fourth-order valence-corrected chi connectivity index (χ4v) is 5.09. The molecule has 0 aromatic rings. The van der Waals surface area contributed by atoms with Crippen molar-refractivity contribution in [3.63, 3.8) is 0 Å². The second-order valence-corrected chi connectivity index (χ2v) is 7.20. The average molecular weight is 233 g/mol. The van der Waals surface area contributed by atoms with E-state index in [-0.39, 0.29) is 24.6 Å². The van der Waals surface area contributed by atoms with Crippen LogP contribution in [0.1, 0.15) is 25.7 Å². The minimum absolute atomic E-state index is 0.0942. The van der Waals surface area contributed by atoms with Gasteiger partial charge in [-0.3, -0.25) is 4.79 Å². The van der Waals surface area contributed by atoms with Crippen LogP contribution in [0.2, 0.25) is 0 Å². The molecule has 3 N–H and O–H groups in total. The lowest BCUT2D eigenvalue weighted by Gasteiger charge is -2.48. The quantitative estimate of drug-likeness (QED) is 0.651. The van der Waals surface area contributed by atoms with Gasteiger partial charge in [-0.05, 0) is 25.7 Å². The molecule has 1 heterocycles. The Labute approximate surface area is 88.6 Å². The molecule has 0 radical (unpaired) electrons. The largest absolute Gasteiger partial charge is 0.481 e. The zero-order valence-corrected chi connectivity index (χ0v) is 9.16. The first-order chi connectivity index (χ1) is 6.86. The van der Waals surface area contributed by atoms with Crippen LogP contribution < -0.4 is 5.73 Å². The number of aliphatic carboxylic acids is 1. The van der Waals surface area contributed by atoms with Crippen molar-refractivity contribution in [2.24, 2.45) is 11.7 Å². The Bertz CT molecular complexity index is 383. The highest BCUT2D eigenvalue weighted by Gasteiger charge is 2.57. The van der Waals surface area contributed by atoms with Crippen LogP contribution in [0.15, 0.2) is 0 Å². The summed E-state index contributed by atoms with van der Waals surface area (Å²) in [4.78, 5) is 10.7. The summed E-state index contributed by atoms with van der Waals surface area (Å²) < 4.78 is 22.9. The molecule has 0 aromatic carbocycles. The van der Waals surface area contributed by atoms with Gasteiger partial charge in [0.2, 0.25) is 0 Å². The van der Waals surface area contributed by atoms with Crippen LogP contribution in [0.3, 0.4) is 0 Å². The molecule has 1 saturated carbocycles. The van der Waals surface area contributed by atoms with E-state index in [4.69, 9.17) is 10.8 Å². The van der Waals surface area contributed by atoms with Gasteiger partial charge in [-0.15, -0.1) is 0 Å². The number of sulfone groups is 1. The third kappa shape index (κ3) is 1.56. The second-order valence-electron chi connectivity index (χ2n) is 4.70. The highest BCUT2D eigenvalue weighted by molar-refractivity contribution is 7.92. The van der Waals surface area contributed by atoms with E-state index in [1.54, 1.807) is 0 Å².